The first-order valence-corrected chi connectivity index (χ1v) is 8.75. The summed E-state index contributed by atoms with van der Waals surface area (Å²) in [6, 6.07) is 1.95. The van der Waals surface area contributed by atoms with Gasteiger partial charge in [-0.05, 0) is 12.8 Å². The van der Waals surface area contributed by atoms with Crippen molar-refractivity contribution in [3.05, 3.63) is 24.4 Å². The van der Waals surface area contributed by atoms with Crippen molar-refractivity contribution in [1.82, 2.24) is 24.6 Å². The third-order valence-corrected chi connectivity index (χ3v) is 4.36. The van der Waals surface area contributed by atoms with E-state index in [2.05, 4.69) is 25.7 Å². The number of carbonyl (C=O) groups excluding carboxylic acids is 1. The van der Waals surface area contributed by atoms with E-state index in [0.717, 1.165) is 19.0 Å². The van der Waals surface area contributed by atoms with Crippen LogP contribution in [0.25, 0.3) is 0 Å². The lowest BCUT2D eigenvalue weighted by Crippen LogP contribution is -2.39. The molecule has 0 bridgehead atoms. The van der Waals surface area contributed by atoms with Crippen LogP contribution in [0.2, 0.25) is 0 Å². The van der Waals surface area contributed by atoms with E-state index >= 15 is 0 Å². The molecule has 27 heavy (non-hydrogen) atoms. The number of carbonyl (C=O) groups is 1. The molecule has 1 saturated heterocycles. The number of aryl methyl sites for hydroxylation is 1. The fraction of sp³-hybridized carbons (Fsp3) is 0.471. The van der Waals surface area contributed by atoms with Crippen molar-refractivity contribution in [3.63, 3.8) is 0 Å². The minimum absolute atomic E-state index is 0.0389. The molecule has 142 valence electrons. The number of likely N-dealkylation sites (tertiary alicyclic amines) is 1. The molecule has 2 N–H and O–H groups in total. The topological polar surface area (TPSA) is 112 Å². The maximum atomic E-state index is 14.1. The van der Waals surface area contributed by atoms with Crippen molar-refractivity contribution in [1.29, 1.82) is 5.26 Å². The number of aromatic nitrogens is 4. The van der Waals surface area contributed by atoms with Crippen molar-refractivity contribution in [2.45, 2.75) is 31.7 Å². The van der Waals surface area contributed by atoms with Gasteiger partial charge in [-0.2, -0.15) is 15.3 Å². The SMILES string of the molecule is Cn1cc(Nc2ncc(F)c(NC[C@H]3CCCN3C(=O)CCC#N)n2)cn1. The summed E-state index contributed by atoms with van der Waals surface area (Å²) in [6.07, 6.45) is 6.61. The Bertz CT molecular complexity index is 846. The zero-order valence-electron chi connectivity index (χ0n) is 15.0. The highest BCUT2D eigenvalue weighted by Crippen LogP contribution is 2.21. The van der Waals surface area contributed by atoms with Gasteiger partial charge in [-0.25, -0.2) is 9.37 Å². The number of nitriles is 1. The van der Waals surface area contributed by atoms with Gasteiger partial charge in [-0.3, -0.25) is 9.48 Å². The molecule has 10 heteroatoms. The first-order chi connectivity index (χ1) is 13.1. The summed E-state index contributed by atoms with van der Waals surface area (Å²) in [5.74, 6) is -0.275. The Morgan fingerprint density at radius 3 is 3.07 bits per heavy atom. The third kappa shape index (κ3) is 4.69. The summed E-state index contributed by atoms with van der Waals surface area (Å²) >= 11 is 0. The zero-order valence-corrected chi connectivity index (χ0v) is 15.0. The average Bonchev–Trinajstić information content (AvgIpc) is 3.29. The number of hydrogen-bond acceptors (Lipinski definition) is 7. The lowest BCUT2D eigenvalue weighted by molar-refractivity contribution is -0.131. The molecule has 9 nitrogen and oxygen atoms in total. The second-order valence-electron chi connectivity index (χ2n) is 6.34. The molecule has 0 aromatic carbocycles. The lowest BCUT2D eigenvalue weighted by Gasteiger charge is -2.25. The molecule has 2 aromatic rings. The Balaban J connectivity index is 1.62. The summed E-state index contributed by atoms with van der Waals surface area (Å²) in [7, 11) is 1.79. The van der Waals surface area contributed by atoms with Crippen molar-refractivity contribution >= 4 is 23.4 Å². The molecule has 2 aromatic heterocycles. The first-order valence-electron chi connectivity index (χ1n) is 8.75. The quantitative estimate of drug-likeness (QED) is 0.762. The normalized spacial score (nSPS) is 16.2. The van der Waals surface area contributed by atoms with Crippen LogP contribution in [-0.4, -0.2) is 49.7 Å². The maximum Gasteiger partial charge on any atom is 0.229 e. The van der Waals surface area contributed by atoms with Gasteiger partial charge in [0, 0.05) is 45.2 Å². The molecule has 1 aliphatic heterocycles. The highest BCUT2D eigenvalue weighted by atomic mass is 19.1. The van der Waals surface area contributed by atoms with Gasteiger partial charge in [0.2, 0.25) is 11.9 Å². The van der Waals surface area contributed by atoms with Crippen molar-refractivity contribution < 1.29 is 9.18 Å². The van der Waals surface area contributed by atoms with Crippen LogP contribution >= 0.6 is 0 Å². The highest BCUT2D eigenvalue weighted by Gasteiger charge is 2.28. The number of halogens is 1. The number of hydrogen-bond donors (Lipinski definition) is 2. The summed E-state index contributed by atoms with van der Waals surface area (Å²) in [4.78, 5) is 22.0. The largest absolute Gasteiger partial charge is 0.365 e. The Hall–Kier alpha value is -3.22. The van der Waals surface area contributed by atoms with E-state index in [1.807, 2.05) is 6.07 Å². The molecular formula is C17H21FN8O. The van der Waals surface area contributed by atoms with Crippen LogP contribution in [0.3, 0.4) is 0 Å². The number of nitrogens with one attached hydrogen (secondary N) is 2. The van der Waals surface area contributed by atoms with Gasteiger partial charge in [0.1, 0.15) is 0 Å². The van der Waals surface area contributed by atoms with E-state index < -0.39 is 5.82 Å². The van der Waals surface area contributed by atoms with E-state index in [9.17, 15) is 9.18 Å². The molecule has 1 atom stereocenters. The minimum Gasteiger partial charge on any atom is -0.365 e. The molecule has 0 saturated carbocycles. The van der Waals surface area contributed by atoms with Crippen LogP contribution in [0.4, 0.5) is 21.8 Å². The van der Waals surface area contributed by atoms with Crippen LogP contribution in [0.1, 0.15) is 25.7 Å². The standard InChI is InChI=1S/C17H21FN8O/c1-25-11-12(8-22-25)23-17-21-10-14(18)16(24-17)20-9-13-4-3-7-26(13)15(27)5-2-6-19/h8,10-11,13H,2-5,7,9H2,1H3,(H2,20,21,23,24)/t13-/m1/s1. The Morgan fingerprint density at radius 1 is 1.48 bits per heavy atom. The van der Waals surface area contributed by atoms with Gasteiger partial charge in [-0.15, -0.1) is 0 Å². The summed E-state index contributed by atoms with van der Waals surface area (Å²) in [5, 5.41) is 18.6. The summed E-state index contributed by atoms with van der Waals surface area (Å²) < 4.78 is 15.7. The summed E-state index contributed by atoms with van der Waals surface area (Å²) in [6.45, 7) is 1.05. The predicted octanol–water partition coefficient (Wildman–Crippen LogP) is 1.80. The Kier molecular flexibility index (Phi) is 5.80. The molecule has 1 aliphatic rings. The van der Waals surface area contributed by atoms with Crippen LogP contribution in [-0.2, 0) is 11.8 Å². The number of amides is 1. The van der Waals surface area contributed by atoms with Gasteiger partial charge in [0.15, 0.2) is 11.6 Å². The Labute approximate surface area is 156 Å². The zero-order chi connectivity index (χ0) is 19.2. The van der Waals surface area contributed by atoms with Gasteiger partial charge < -0.3 is 15.5 Å². The van der Waals surface area contributed by atoms with Crippen LogP contribution < -0.4 is 10.6 Å². The van der Waals surface area contributed by atoms with E-state index in [-0.39, 0.29) is 36.6 Å². The lowest BCUT2D eigenvalue weighted by atomic mass is 10.2. The molecule has 0 radical (unpaired) electrons. The van der Waals surface area contributed by atoms with Crippen molar-refractivity contribution in [3.8, 4) is 6.07 Å². The summed E-state index contributed by atoms with van der Waals surface area (Å²) in [5.41, 5.74) is 0.695. The molecule has 3 rings (SSSR count). The molecule has 1 amide bonds. The van der Waals surface area contributed by atoms with Gasteiger partial charge in [0.05, 0.1) is 24.2 Å². The minimum atomic E-state index is -0.563. The van der Waals surface area contributed by atoms with Crippen LogP contribution in [0, 0.1) is 17.1 Å². The molecule has 3 heterocycles. The van der Waals surface area contributed by atoms with E-state index in [1.165, 1.54) is 0 Å². The van der Waals surface area contributed by atoms with Crippen LogP contribution in [0.5, 0.6) is 0 Å². The average molecular weight is 372 g/mol. The number of anilines is 3. The molecular weight excluding hydrogens is 351 g/mol. The molecule has 0 aliphatic carbocycles. The van der Waals surface area contributed by atoms with E-state index in [1.54, 1.807) is 29.0 Å². The van der Waals surface area contributed by atoms with Gasteiger partial charge >= 0.3 is 0 Å². The molecule has 0 unspecified atom stereocenters. The molecule has 1 fully saturated rings. The van der Waals surface area contributed by atoms with E-state index in [0.29, 0.717) is 18.8 Å². The van der Waals surface area contributed by atoms with Crippen molar-refractivity contribution in [2.75, 3.05) is 23.7 Å². The fourth-order valence-electron chi connectivity index (χ4n) is 3.06. The predicted molar refractivity (Wildman–Crippen MR) is 96.6 cm³/mol. The molecule has 0 spiro atoms. The fourth-order valence-corrected chi connectivity index (χ4v) is 3.06. The Morgan fingerprint density at radius 2 is 2.33 bits per heavy atom. The maximum absolute atomic E-state index is 14.1. The highest BCUT2D eigenvalue weighted by molar-refractivity contribution is 5.77. The third-order valence-electron chi connectivity index (χ3n) is 4.36. The smallest absolute Gasteiger partial charge is 0.229 e. The van der Waals surface area contributed by atoms with Gasteiger partial charge in [-0.1, -0.05) is 0 Å². The second-order valence-corrected chi connectivity index (χ2v) is 6.34. The van der Waals surface area contributed by atoms with Crippen molar-refractivity contribution in [2.24, 2.45) is 7.05 Å². The second kappa shape index (κ2) is 8.44. The van der Waals surface area contributed by atoms with Gasteiger partial charge in [0.25, 0.3) is 0 Å². The van der Waals surface area contributed by atoms with Crippen LogP contribution in [0.15, 0.2) is 18.6 Å². The number of nitrogens with zero attached hydrogens (tertiary/aromatic N) is 6. The number of rotatable bonds is 7. The monoisotopic (exact) mass is 372 g/mol. The first kappa shape index (κ1) is 18.6. The van der Waals surface area contributed by atoms with E-state index in [4.69, 9.17) is 5.26 Å².